The molecule has 1 atom stereocenters. The second kappa shape index (κ2) is 7.94. The minimum atomic E-state index is -0.370. The van der Waals surface area contributed by atoms with Crippen LogP contribution >= 0.6 is 43.3 Å². The monoisotopic (exact) mass is 402 g/mol. The quantitative estimate of drug-likeness (QED) is 0.595. The molecule has 0 bridgehead atoms. The number of carbonyl (C=O) groups excluding carboxylic acids is 1. The minimum Gasteiger partial charge on any atom is -0.496 e. The molecule has 0 spiro atoms. The zero-order valence-corrected chi connectivity index (χ0v) is 16.4. The van der Waals surface area contributed by atoms with Gasteiger partial charge < -0.3 is 20.3 Å². The van der Waals surface area contributed by atoms with Crippen molar-refractivity contribution in [2.45, 2.75) is 6.92 Å². The molecule has 2 aromatic rings. The topological polar surface area (TPSA) is 73.6 Å². The summed E-state index contributed by atoms with van der Waals surface area (Å²) in [5.74, 6) is -0.0174. The molecule has 1 aromatic carbocycles. The molecule has 3 N–H and O–H groups in total. The van der Waals surface area contributed by atoms with Gasteiger partial charge >= 0.3 is 0 Å². The fourth-order valence-electron chi connectivity index (χ4n) is 2.15. The molecule has 0 aliphatic carbocycles. The van der Waals surface area contributed by atoms with Crippen LogP contribution in [0.4, 0.5) is 5.69 Å². The van der Waals surface area contributed by atoms with Crippen LogP contribution in [0.1, 0.15) is 15.2 Å². The van der Waals surface area contributed by atoms with E-state index < -0.39 is 0 Å². The molecule has 1 aromatic heterocycles. The molecule has 1 amide bonds. The lowest BCUT2D eigenvalue weighted by molar-refractivity contribution is 0.102. The summed E-state index contributed by atoms with van der Waals surface area (Å²) < 4.78 is 10.4. The van der Waals surface area contributed by atoms with Gasteiger partial charge in [-0.1, -0.05) is 23.2 Å². The third kappa shape index (κ3) is 3.37. The Kier molecular flexibility index (Phi) is 6.40. The second-order valence-corrected chi connectivity index (χ2v) is 7.29. The number of benzene rings is 1. The summed E-state index contributed by atoms with van der Waals surface area (Å²) in [5, 5.41) is 5.44. The number of ether oxygens (including phenoxy) is 2. The molecule has 0 aliphatic rings. The molecule has 126 valence electrons. The summed E-state index contributed by atoms with van der Waals surface area (Å²) in [5.41, 5.74) is 6.55. The highest BCUT2D eigenvalue weighted by molar-refractivity contribution is 7.46. The Morgan fingerprint density at radius 3 is 2.29 bits per heavy atom. The predicted molar refractivity (Wildman–Crippen MR) is 104 cm³/mol. The van der Waals surface area contributed by atoms with Crippen LogP contribution in [0.15, 0.2) is 5.38 Å². The molecular formula is C14H14BCl2N2O3PS. The Labute approximate surface area is 157 Å². The van der Waals surface area contributed by atoms with Gasteiger partial charge in [0.05, 0.1) is 25.5 Å². The van der Waals surface area contributed by atoms with Crippen LogP contribution in [0.5, 0.6) is 11.5 Å². The van der Waals surface area contributed by atoms with Gasteiger partial charge in [-0.25, -0.2) is 0 Å². The van der Waals surface area contributed by atoms with Crippen molar-refractivity contribution < 1.29 is 14.3 Å². The Balaban J connectivity index is 2.51. The third-order valence-corrected chi connectivity index (χ3v) is 6.08. The van der Waals surface area contributed by atoms with E-state index in [0.717, 1.165) is 10.2 Å². The number of thiophene rings is 1. The van der Waals surface area contributed by atoms with Gasteiger partial charge in [-0.15, -0.1) is 11.3 Å². The summed E-state index contributed by atoms with van der Waals surface area (Å²) in [6.07, 6.45) is 0. The Morgan fingerprint density at radius 1 is 1.29 bits per heavy atom. The summed E-state index contributed by atoms with van der Waals surface area (Å²) in [6, 6.07) is 0. The molecule has 0 saturated carbocycles. The van der Waals surface area contributed by atoms with Crippen LogP contribution in [0.25, 0.3) is 0 Å². The van der Waals surface area contributed by atoms with Gasteiger partial charge in [0.25, 0.3) is 5.91 Å². The van der Waals surface area contributed by atoms with Gasteiger partial charge in [-0.2, -0.15) is 0 Å². The van der Waals surface area contributed by atoms with Gasteiger partial charge in [-0.3, -0.25) is 4.79 Å². The van der Waals surface area contributed by atoms with Crippen molar-refractivity contribution in [2.24, 2.45) is 5.50 Å². The predicted octanol–water partition coefficient (Wildman–Crippen LogP) is 2.60. The fourth-order valence-corrected chi connectivity index (χ4v) is 4.59. The van der Waals surface area contributed by atoms with Gasteiger partial charge in [0.15, 0.2) is 0 Å². The van der Waals surface area contributed by atoms with Crippen molar-refractivity contribution in [1.82, 2.24) is 0 Å². The number of nitrogens with two attached hydrogens (primary N) is 1. The lowest BCUT2D eigenvalue weighted by Crippen LogP contribution is -2.21. The molecule has 2 rings (SSSR count). The molecule has 24 heavy (non-hydrogen) atoms. The van der Waals surface area contributed by atoms with Crippen molar-refractivity contribution in [3.8, 4) is 11.5 Å². The van der Waals surface area contributed by atoms with Gasteiger partial charge in [-0.05, 0) is 21.1 Å². The van der Waals surface area contributed by atoms with E-state index in [1.54, 1.807) is 5.38 Å². The zero-order valence-electron chi connectivity index (χ0n) is 13.1. The maximum Gasteiger partial charge on any atom is 0.257 e. The van der Waals surface area contributed by atoms with E-state index in [1.165, 1.54) is 25.6 Å². The molecule has 1 heterocycles. The molecule has 5 nitrogen and oxygen atoms in total. The maximum absolute atomic E-state index is 12.6. The number of aryl methyl sites for hydroxylation is 1. The minimum absolute atomic E-state index is 0.00783. The van der Waals surface area contributed by atoms with E-state index in [4.69, 9.17) is 46.0 Å². The number of carbonyl (C=O) groups is 1. The summed E-state index contributed by atoms with van der Waals surface area (Å²) >= 11 is 14.0. The molecule has 0 saturated heterocycles. The zero-order chi connectivity index (χ0) is 18.0. The molecule has 10 heteroatoms. The van der Waals surface area contributed by atoms with Crippen LogP contribution in [-0.4, -0.2) is 28.0 Å². The second-order valence-electron chi connectivity index (χ2n) is 4.66. The number of methoxy groups -OCH3 is 2. The third-order valence-electron chi connectivity index (χ3n) is 3.34. The van der Waals surface area contributed by atoms with Crippen LogP contribution in [-0.2, 0) is 0 Å². The van der Waals surface area contributed by atoms with E-state index in [1.807, 2.05) is 6.92 Å². The number of amides is 1. The number of nitrogens with one attached hydrogen (secondary N) is 1. The van der Waals surface area contributed by atoms with E-state index >= 15 is 0 Å². The van der Waals surface area contributed by atoms with Gasteiger partial charge in [0.2, 0.25) is 0 Å². The fraction of sp³-hybridized carbons (Fsp3) is 0.214. The Morgan fingerprint density at radius 2 is 1.83 bits per heavy atom. The van der Waals surface area contributed by atoms with Crippen LogP contribution in [0, 0.1) is 6.92 Å². The van der Waals surface area contributed by atoms with Crippen LogP contribution in [0.3, 0.4) is 0 Å². The SMILES string of the molecule is [B]c1c(OC)c(Cl)c(NC(=O)c2csc(C)c2PN)c(Cl)c1OC. The highest BCUT2D eigenvalue weighted by Gasteiger charge is 2.24. The Hall–Kier alpha value is -0.975. The number of halogens is 2. The molecule has 0 fully saturated rings. The highest BCUT2D eigenvalue weighted by Crippen LogP contribution is 2.42. The average molecular weight is 403 g/mol. The first-order chi connectivity index (χ1) is 11.4. The van der Waals surface area contributed by atoms with E-state index in [-0.39, 0.29) is 47.3 Å². The van der Waals surface area contributed by atoms with Crippen LogP contribution < -0.4 is 31.1 Å². The van der Waals surface area contributed by atoms with Gasteiger partial charge in [0.1, 0.15) is 29.4 Å². The van der Waals surface area contributed by atoms with E-state index in [0.29, 0.717) is 5.56 Å². The first-order valence-electron chi connectivity index (χ1n) is 6.61. The lowest BCUT2D eigenvalue weighted by Gasteiger charge is -2.18. The number of rotatable bonds is 5. The number of anilines is 1. The largest absolute Gasteiger partial charge is 0.496 e. The molecule has 0 aliphatic heterocycles. The summed E-state index contributed by atoms with van der Waals surface area (Å²) in [4.78, 5) is 13.6. The van der Waals surface area contributed by atoms with Crippen molar-refractivity contribution in [1.29, 1.82) is 0 Å². The molecule has 2 radical (unpaired) electrons. The van der Waals surface area contributed by atoms with E-state index in [9.17, 15) is 4.79 Å². The number of hydrogen-bond donors (Lipinski definition) is 2. The van der Waals surface area contributed by atoms with Gasteiger partial charge in [0, 0.05) is 15.6 Å². The first kappa shape index (κ1) is 19.4. The summed E-state index contributed by atoms with van der Waals surface area (Å²) in [7, 11) is 8.75. The maximum atomic E-state index is 12.6. The van der Waals surface area contributed by atoms with Crippen molar-refractivity contribution in [3.05, 3.63) is 25.9 Å². The molecular weight excluding hydrogens is 389 g/mol. The lowest BCUT2D eigenvalue weighted by atomic mass is 9.93. The van der Waals surface area contributed by atoms with E-state index in [2.05, 4.69) is 5.32 Å². The standard InChI is InChI=1S/C14H14BCl2N2O3PS/c1-5-13(23-18)6(4-24-5)14(20)19-10-8(16)11(21-2)7(15)12(22-3)9(10)17/h4,23H,18H2,1-3H3,(H,19,20). The normalized spacial score (nSPS) is 11.1. The average Bonchev–Trinajstić information content (AvgIpc) is 2.93. The molecule has 1 unspecified atom stereocenters. The van der Waals surface area contributed by atoms with Crippen molar-refractivity contribution >= 4 is 73.5 Å². The van der Waals surface area contributed by atoms with Crippen molar-refractivity contribution in [2.75, 3.05) is 19.5 Å². The number of hydrogen-bond acceptors (Lipinski definition) is 5. The highest BCUT2D eigenvalue weighted by atomic mass is 35.5. The Bertz CT molecular complexity index is 770. The van der Waals surface area contributed by atoms with Crippen molar-refractivity contribution in [3.63, 3.8) is 0 Å². The smallest absolute Gasteiger partial charge is 0.257 e. The van der Waals surface area contributed by atoms with Crippen LogP contribution in [0.2, 0.25) is 10.0 Å². The first-order valence-corrected chi connectivity index (χ1v) is 9.33. The summed E-state index contributed by atoms with van der Waals surface area (Å²) in [6.45, 7) is 1.91.